The minimum atomic E-state index is 0.199. The van der Waals surface area contributed by atoms with Gasteiger partial charge in [-0.25, -0.2) is 0 Å². The molecule has 1 heterocycles. The normalized spacial score (nSPS) is 12.8. The summed E-state index contributed by atoms with van der Waals surface area (Å²) < 4.78 is 10.9. The number of hydrogen-bond donors (Lipinski definition) is 2. The van der Waals surface area contributed by atoms with Crippen LogP contribution in [0.15, 0.2) is 28.7 Å². The highest BCUT2D eigenvalue weighted by Crippen LogP contribution is 2.24. The Labute approximate surface area is 107 Å². The molecule has 1 unspecified atom stereocenters. The molecule has 1 aromatic heterocycles. The molecule has 0 aliphatic heterocycles. The summed E-state index contributed by atoms with van der Waals surface area (Å²) >= 11 is 0. The van der Waals surface area contributed by atoms with Crippen LogP contribution in [0.3, 0.4) is 0 Å². The molecule has 1 aromatic carbocycles. The molecule has 0 aliphatic carbocycles. The maximum absolute atomic E-state index is 8.93. The van der Waals surface area contributed by atoms with Crippen LogP contribution >= 0.6 is 0 Å². The van der Waals surface area contributed by atoms with Crippen LogP contribution in [-0.4, -0.2) is 25.4 Å². The predicted octanol–water partition coefficient (Wildman–Crippen LogP) is 2.16. The summed E-state index contributed by atoms with van der Waals surface area (Å²) in [5.74, 6) is 1.98. The average Bonchev–Trinajstić information content (AvgIpc) is 2.79. The molecule has 2 N–H and O–H groups in total. The van der Waals surface area contributed by atoms with E-state index < -0.39 is 0 Å². The summed E-state index contributed by atoms with van der Waals surface area (Å²) in [4.78, 5) is 0. The molecule has 4 nitrogen and oxygen atoms in total. The van der Waals surface area contributed by atoms with E-state index in [2.05, 4.69) is 5.32 Å². The summed E-state index contributed by atoms with van der Waals surface area (Å²) in [6.07, 6.45) is 0. The minimum absolute atomic E-state index is 0.199. The number of rotatable bonds is 6. The second kappa shape index (κ2) is 5.89. The summed E-state index contributed by atoms with van der Waals surface area (Å²) in [5, 5.41) is 13.2. The quantitative estimate of drug-likeness (QED) is 0.823. The molecule has 2 aromatic rings. The summed E-state index contributed by atoms with van der Waals surface area (Å²) in [6, 6.07) is 7.76. The largest absolute Gasteiger partial charge is 0.497 e. The Bertz CT molecular complexity index is 507. The SMILES string of the molecule is COc1ccc2oc(CNCC(C)CO)cc2c1. The van der Waals surface area contributed by atoms with Crippen molar-refractivity contribution in [1.29, 1.82) is 0 Å². The monoisotopic (exact) mass is 249 g/mol. The zero-order valence-corrected chi connectivity index (χ0v) is 10.8. The first-order valence-corrected chi connectivity index (χ1v) is 6.11. The van der Waals surface area contributed by atoms with Crippen molar-refractivity contribution in [3.8, 4) is 5.75 Å². The maximum atomic E-state index is 8.93. The van der Waals surface area contributed by atoms with E-state index in [1.54, 1.807) is 7.11 Å². The fourth-order valence-electron chi connectivity index (χ4n) is 1.80. The summed E-state index contributed by atoms with van der Waals surface area (Å²) in [5.41, 5.74) is 0.864. The fraction of sp³-hybridized carbons (Fsp3) is 0.429. The van der Waals surface area contributed by atoms with Gasteiger partial charge in [0.25, 0.3) is 0 Å². The highest BCUT2D eigenvalue weighted by atomic mass is 16.5. The molecule has 4 heteroatoms. The topological polar surface area (TPSA) is 54.6 Å². The molecule has 2 rings (SSSR count). The molecule has 0 bridgehead atoms. The molecular weight excluding hydrogens is 230 g/mol. The third-order valence-electron chi connectivity index (χ3n) is 2.88. The van der Waals surface area contributed by atoms with Crippen LogP contribution < -0.4 is 10.1 Å². The molecule has 0 saturated carbocycles. The zero-order chi connectivity index (χ0) is 13.0. The van der Waals surface area contributed by atoms with Crippen molar-refractivity contribution in [3.05, 3.63) is 30.0 Å². The molecule has 0 saturated heterocycles. The van der Waals surface area contributed by atoms with Crippen molar-refractivity contribution in [2.75, 3.05) is 20.3 Å². The van der Waals surface area contributed by atoms with E-state index in [4.69, 9.17) is 14.3 Å². The molecule has 0 radical (unpaired) electrons. The van der Waals surface area contributed by atoms with Gasteiger partial charge >= 0.3 is 0 Å². The number of fused-ring (bicyclic) bond motifs is 1. The van der Waals surface area contributed by atoms with Crippen LogP contribution in [0.2, 0.25) is 0 Å². The Balaban J connectivity index is 2.01. The van der Waals surface area contributed by atoms with Crippen LogP contribution in [-0.2, 0) is 6.54 Å². The number of ether oxygens (including phenoxy) is 1. The lowest BCUT2D eigenvalue weighted by atomic mass is 10.2. The number of methoxy groups -OCH3 is 1. The Hall–Kier alpha value is -1.52. The number of aliphatic hydroxyl groups is 1. The smallest absolute Gasteiger partial charge is 0.134 e. The van der Waals surface area contributed by atoms with Gasteiger partial charge in [-0.1, -0.05) is 6.92 Å². The van der Waals surface area contributed by atoms with E-state index in [-0.39, 0.29) is 12.5 Å². The van der Waals surface area contributed by atoms with Crippen molar-refractivity contribution < 1.29 is 14.3 Å². The molecule has 0 aliphatic rings. The van der Waals surface area contributed by atoms with Gasteiger partial charge in [0.1, 0.15) is 17.1 Å². The number of furan rings is 1. The number of hydrogen-bond acceptors (Lipinski definition) is 4. The lowest BCUT2D eigenvalue weighted by molar-refractivity contribution is 0.233. The first kappa shape index (κ1) is 12.9. The van der Waals surface area contributed by atoms with Crippen LogP contribution in [0.25, 0.3) is 11.0 Å². The first-order valence-electron chi connectivity index (χ1n) is 6.11. The lowest BCUT2D eigenvalue weighted by Crippen LogP contribution is -2.22. The highest BCUT2D eigenvalue weighted by molar-refractivity contribution is 5.79. The van der Waals surface area contributed by atoms with E-state index in [1.165, 1.54) is 0 Å². The van der Waals surface area contributed by atoms with Gasteiger partial charge in [-0.3, -0.25) is 0 Å². The Morgan fingerprint density at radius 3 is 2.94 bits per heavy atom. The zero-order valence-electron chi connectivity index (χ0n) is 10.8. The predicted molar refractivity (Wildman–Crippen MR) is 70.7 cm³/mol. The van der Waals surface area contributed by atoms with Crippen molar-refractivity contribution in [2.45, 2.75) is 13.5 Å². The summed E-state index contributed by atoms with van der Waals surface area (Å²) in [7, 11) is 1.65. The Morgan fingerprint density at radius 1 is 1.39 bits per heavy atom. The van der Waals surface area contributed by atoms with Gasteiger partial charge in [0.2, 0.25) is 0 Å². The Morgan fingerprint density at radius 2 is 2.22 bits per heavy atom. The van der Waals surface area contributed by atoms with Gasteiger partial charge in [-0.2, -0.15) is 0 Å². The van der Waals surface area contributed by atoms with E-state index in [0.29, 0.717) is 6.54 Å². The van der Waals surface area contributed by atoms with Crippen molar-refractivity contribution in [2.24, 2.45) is 5.92 Å². The van der Waals surface area contributed by atoms with Gasteiger partial charge in [0.15, 0.2) is 0 Å². The van der Waals surface area contributed by atoms with Gasteiger partial charge in [-0.05, 0) is 30.2 Å². The van der Waals surface area contributed by atoms with E-state index in [0.717, 1.165) is 29.0 Å². The van der Waals surface area contributed by atoms with Crippen LogP contribution in [0.4, 0.5) is 0 Å². The lowest BCUT2D eigenvalue weighted by Gasteiger charge is -2.07. The second-order valence-corrected chi connectivity index (χ2v) is 4.54. The standard InChI is InChI=1S/C14H19NO3/c1-10(9-16)7-15-8-13-6-11-5-12(17-2)3-4-14(11)18-13/h3-6,10,15-16H,7-9H2,1-2H3. The molecule has 0 fully saturated rings. The third-order valence-corrected chi connectivity index (χ3v) is 2.88. The number of benzene rings is 1. The van der Waals surface area contributed by atoms with Gasteiger partial charge in [0, 0.05) is 18.5 Å². The molecule has 18 heavy (non-hydrogen) atoms. The molecule has 98 valence electrons. The summed E-state index contributed by atoms with van der Waals surface area (Å²) in [6.45, 7) is 3.64. The third kappa shape index (κ3) is 3.03. The molecule has 1 atom stereocenters. The molecular formula is C14H19NO3. The fourth-order valence-corrected chi connectivity index (χ4v) is 1.80. The van der Waals surface area contributed by atoms with E-state index in [1.807, 2.05) is 31.2 Å². The van der Waals surface area contributed by atoms with Gasteiger partial charge < -0.3 is 19.6 Å². The van der Waals surface area contributed by atoms with Crippen molar-refractivity contribution in [3.63, 3.8) is 0 Å². The minimum Gasteiger partial charge on any atom is -0.497 e. The van der Waals surface area contributed by atoms with Gasteiger partial charge in [-0.15, -0.1) is 0 Å². The van der Waals surface area contributed by atoms with E-state index in [9.17, 15) is 0 Å². The van der Waals surface area contributed by atoms with Crippen LogP contribution in [0.1, 0.15) is 12.7 Å². The molecule has 0 spiro atoms. The highest BCUT2D eigenvalue weighted by Gasteiger charge is 2.05. The van der Waals surface area contributed by atoms with Crippen molar-refractivity contribution >= 4 is 11.0 Å². The van der Waals surface area contributed by atoms with Crippen LogP contribution in [0.5, 0.6) is 5.75 Å². The Kier molecular flexibility index (Phi) is 4.23. The first-order chi connectivity index (χ1) is 8.72. The molecule has 0 amide bonds. The average molecular weight is 249 g/mol. The van der Waals surface area contributed by atoms with Crippen molar-refractivity contribution in [1.82, 2.24) is 5.32 Å². The maximum Gasteiger partial charge on any atom is 0.134 e. The number of nitrogens with one attached hydrogen (secondary N) is 1. The van der Waals surface area contributed by atoms with E-state index >= 15 is 0 Å². The van der Waals surface area contributed by atoms with Gasteiger partial charge in [0.05, 0.1) is 13.7 Å². The second-order valence-electron chi connectivity index (χ2n) is 4.54. The van der Waals surface area contributed by atoms with Crippen LogP contribution in [0, 0.1) is 5.92 Å². The number of aliphatic hydroxyl groups excluding tert-OH is 1.